The Morgan fingerprint density at radius 1 is 1.22 bits per heavy atom. The third-order valence-electron chi connectivity index (χ3n) is 4.80. The van der Waals surface area contributed by atoms with Gasteiger partial charge in [0.25, 0.3) is 0 Å². The molecule has 2 fully saturated rings. The number of rotatable bonds is 4. The van der Waals surface area contributed by atoms with Crippen LogP contribution in [0.2, 0.25) is 0 Å². The molecule has 134 valence electrons. The van der Waals surface area contributed by atoms with Crippen LogP contribution in [0.5, 0.6) is 0 Å². The lowest BCUT2D eigenvalue weighted by molar-refractivity contribution is -0.0319. The van der Waals surface area contributed by atoms with Crippen molar-refractivity contribution in [3.05, 3.63) is 0 Å². The second-order valence-electron chi connectivity index (χ2n) is 8.19. The van der Waals surface area contributed by atoms with Gasteiger partial charge in [-0.1, -0.05) is 19.8 Å². The molecule has 0 bridgehead atoms. The molecule has 1 aliphatic carbocycles. The smallest absolute Gasteiger partial charge is 0.410 e. The predicted molar refractivity (Wildman–Crippen MR) is 91.5 cm³/mol. The van der Waals surface area contributed by atoms with E-state index in [9.17, 15) is 4.79 Å². The van der Waals surface area contributed by atoms with Crippen molar-refractivity contribution < 1.29 is 14.3 Å². The van der Waals surface area contributed by atoms with Gasteiger partial charge in [-0.2, -0.15) is 0 Å². The average molecular weight is 326 g/mol. The third kappa shape index (κ3) is 6.30. The van der Waals surface area contributed by atoms with Crippen molar-refractivity contribution in [2.45, 2.75) is 65.0 Å². The molecule has 0 aromatic heterocycles. The molecule has 1 N–H and O–H groups in total. The van der Waals surface area contributed by atoms with Gasteiger partial charge < -0.3 is 14.8 Å². The maximum absolute atomic E-state index is 12.3. The van der Waals surface area contributed by atoms with E-state index < -0.39 is 5.60 Å². The summed E-state index contributed by atoms with van der Waals surface area (Å²) in [6.07, 6.45) is 5.13. The molecule has 23 heavy (non-hydrogen) atoms. The third-order valence-corrected chi connectivity index (χ3v) is 4.80. The highest BCUT2D eigenvalue weighted by atomic mass is 16.6. The van der Waals surface area contributed by atoms with Gasteiger partial charge >= 0.3 is 6.09 Å². The van der Waals surface area contributed by atoms with Crippen molar-refractivity contribution in [3.63, 3.8) is 0 Å². The number of amides is 1. The minimum absolute atomic E-state index is 0.0705. The van der Waals surface area contributed by atoms with Crippen LogP contribution in [0, 0.1) is 11.8 Å². The molecule has 0 aromatic rings. The monoisotopic (exact) mass is 326 g/mol. The van der Waals surface area contributed by atoms with Gasteiger partial charge in [0, 0.05) is 13.1 Å². The standard InChI is InChI=1S/C18H34N2O3/c1-14-5-7-15(8-6-14)11-19-12-16-13-22-10-9-20(16)17(21)23-18(2,3)4/h14-16,19H,5-13H2,1-4H3. The van der Waals surface area contributed by atoms with Gasteiger partial charge in [0.1, 0.15) is 5.60 Å². The van der Waals surface area contributed by atoms with Crippen LogP contribution in [-0.4, -0.2) is 55.5 Å². The van der Waals surface area contributed by atoms with Crippen LogP contribution in [0.25, 0.3) is 0 Å². The van der Waals surface area contributed by atoms with Crippen LogP contribution in [0.1, 0.15) is 53.4 Å². The summed E-state index contributed by atoms with van der Waals surface area (Å²) in [5.74, 6) is 1.67. The van der Waals surface area contributed by atoms with Crippen molar-refractivity contribution in [1.82, 2.24) is 10.2 Å². The lowest BCUT2D eigenvalue weighted by atomic mass is 9.83. The van der Waals surface area contributed by atoms with E-state index in [2.05, 4.69) is 12.2 Å². The molecular weight excluding hydrogens is 292 g/mol. The summed E-state index contributed by atoms with van der Waals surface area (Å²) in [7, 11) is 0. The largest absolute Gasteiger partial charge is 0.444 e. The normalized spacial score (nSPS) is 29.4. The van der Waals surface area contributed by atoms with E-state index in [1.54, 1.807) is 0 Å². The van der Waals surface area contributed by atoms with Crippen molar-refractivity contribution in [1.29, 1.82) is 0 Å². The van der Waals surface area contributed by atoms with Gasteiger partial charge in [-0.05, 0) is 52.0 Å². The Bertz CT molecular complexity index is 373. The number of nitrogens with one attached hydrogen (secondary N) is 1. The number of carbonyl (C=O) groups is 1. The minimum Gasteiger partial charge on any atom is -0.444 e. The summed E-state index contributed by atoms with van der Waals surface area (Å²) >= 11 is 0. The van der Waals surface area contributed by atoms with E-state index in [1.807, 2.05) is 25.7 Å². The van der Waals surface area contributed by atoms with E-state index in [0.29, 0.717) is 19.8 Å². The summed E-state index contributed by atoms with van der Waals surface area (Å²) in [6, 6.07) is 0.0705. The molecule has 1 atom stereocenters. The number of nitrogens with zero attached hydrogens (tertiary/aromatic N) is 1. The minimum atomic E-state index is -0.452. The second-order valence-corrected chi connectivity index (χ2v) is 8.19. The number of hydrogen-bond donors (Lipinski definition) is 1. The van der Waals surface area contributed by atoms with Crippen molar-refractivity contribution in [2.75, 3.05) is 32.8 Å². The molecule has 1 amide bonds. The highest BCUT2D eigenvalue weighted by Gasteiger charge is 2.31. The first kappa shape index (κ1) is 18.5. The molecule has 1 saturated heterocycles. The molecule has 0 spiro atoms. The fourth-order valence-electron chi connectivity index (χ4n) is 3.37. The van der Waals surface area contributed by atoms with Gasteiger partial charge in [-0.15, -0.1) is 0 Å². The van der Waals surface area contributed by atoms with Crippen molar-refractivity contribution in [3.8, 4) is 0 Å². The Hall–Kier alpha value is -0.810. The Kier molecular flexibility index (Phi) is 6.72. The van der Waals surface area contributed by atoms with E-state index in [4.69, 9.17) is 9.47 Å². The summed E-state index contributed by atoms with van der Waals surface area (Å²) in [5.41, 5.74) is -0.452. The topological polar surface area (TPSA) is 50.8 Å². The lowest BCUT2D eigenvalue weighted by Crippen LogP contribution is -2.54. The molecule has 5 heteroatoms. The molecule has 1 aliphatic heterocycles. The number of ether oxygens (including phenoxy) is 2. The number of morpholine rings is 1. The molecular formula is C18H34N2O3. The summed E-state index contributed by atoms with van der Waals surface area (Å²) in [5, 5.41) is 3.56. The van der Waals surface area contributed by atoms with Crippen LogP contribution >= 0.6 is 0 Å². The molecule has 2 aliphatic rings. The summed E-state index contributed by atoms with van der Waals surface area (Å²) in [4.78, 5) is 14.2. The quantitative estimate of drug-likeness (QED) is 0.863. The fraction of sp³-hybridized carbons (Fsp3) is 0.944. The molecule has 2 rings (SSSR count). The zero-order valence-corrected chi connectivity index (χ0v) is 15.3. The molecule has 5 nitrogen and oxygen atoms in total. The SMILES string of the molecule is CC1CCC(CNCC2COCCN2C(=O)OC(C)(C)C)CC1. The van der Waals surface area contributed by atoms with Gasteiger partial charge in [-0.25, -0.2) is 4.79 Å². The van der Waals surface area contributed by atoms with Gasteiger partial charge in [-0.3, -0.25) is 4.90 Å². The summed E-state index contributed by atoms with van der Waals surface area (Å²) in [6.45, 7) is 11.7. The lowest BCUT2D eigenvalue weighted by Gasteiger charge is -2.37. The zero-order valence-electron chi connectivity index (χ0n) is 15.3. The summed E-state index contributed by atoms with van der Waals surface area (Å²) < 4.78 is 11.1. The first-order valence-corrected chi connectivity index (χ1v) is 9.13. The van der Waals surface area contributed by atoms with Crippen LogP contribution in [0.4, 0.5) is 4.79 Å². The average Bonchev–Trinajstić information content (AvgIpc) is 2.48. The fourth-order valence-corrected chi connectivity index (χ4v) is 3.37. The highest BCUT2D eigenvalue weighted by molar-refractivity contribution is 5.68. The van der Waals surface area contributed by atoms with Crippen LogP contribution in [-0.2, 0) is 9.47 Å². The van der Waals surface area contributed by atoms with E-state index >= 15 is 0 Å². The van der Waals surface area contributed by atoms with E-state index in [-0.39, 0.29) is 12.1 Å². The first-order valence-electron chi connectivity index (χ1n) is 9.13. The van der Waals surface area contributed by atoms with Crippen LogP contribution < -0.4 is 5.32 Å². The Labute approximate surface area is 141 Å². The zero-order chi connectivity index (χ0) is 16.9. The predicted octanol–water partition coefficient (Wildman–Crippen LogP) is 3.04. The van der Waals surface area contributed by atoms with Gasteiger partial charge in [0.05, 0.1) is 19.3 Å². The van der Waals surface area contributed by atoms with Crippen molar-refractivity contribution >= 4 is 6.09 Å². The van der Waals surface area contributed by atoms with Crippen molar-refractivity contribution in [2.24, 2.45) is 11.8 Å². The number of carbonyl (C=O) groups excluding carboxylic acids is 1. The maximum atomic E-state index is 12.3. The van der Waals surface area contributed by atoms with Gasteiger partial charge in [0.15, 0.2) is 0 Å². The first-order chi connectivity index (χ1) is 10.8. The van der Waals surface area contributed by atoms with E-state index in [0.717, 1.165) is 24.9 Å². The second kappa shape index (κ2) is 8.34. The Morgan fingerprint density at radius 2 is 1.91 bits per heavy atom. The molecule has 1 unspecified atom stereocenters. The molecule has 0 aromatic carbocycles. The molecule has 1 heterocycles. The van der Waals surface area contributed by atoms with Crippen LogP contribution in [0.3, 0.4) is 0 Å². The highest BCUT2D eigenvalue weighted by Crippen LogP contribution is 2.27. The van der Waals surface area contributed by atoms with Crippen LogP contribution in [0.15, 0.2) is 0 Å². The molecule has 1 saturated carbocycles. The number of hydrogen-bond acceptors (Lipinski definition) is 4. The van der Waals surface area contributed by atoms with E-state index in [1.165, 1.54) is 25.7 Å². The Morgan fingerprint density at radius 3 is 2.57 bits per heavy atom. The molecule has 0 radical (unpaired) electrons. The van der Waals surface area contributed by atoms with Gasteiger partial charge in [0.2, 0.25) is 0 Å². The maximum Gasteiger partial charge on any atom is 0.410 e. The Balaban J connectivity index is 1.76.